The zero-order chi connectivity index (χ0) is 15.2. The molecule has 108 valence electrons. The number of nitrogens with two attached hydrogens (primary N) is 1. The van der Waals surface area contributed by atoms with Crippen LogP contribution in [0.1, 0.15) is 11.5 Å². The van der Waals surface area contributed by atoms with Crippen molar-refractivity contribution < 1.29 is 9.53 Å². The second-order valence-electron chi connectivity index (χ2n) is 4.32. The van der Waals surface area contributed by atoms with Gasteiger partial charge in [0, 0.05) is 6.07 Å². The van der Waals surface area contributed by atoms with E-state index in [1.807, 2.05) is 30.3 Å². The van der Waals surface area contributed by atoms with Crippen LogP contribution < -0.4 is 15.8 Å². The maximum Gasteiger partial charge on any atom is 0.238 e. The summed E-state index contributed by atoms with van der Waals surface area (Å²) in [7, 11) is 1.53. The van der Waals surface area contributed by atoms with E-state index in [4.69, 9.17) is 22.7 Å². The van der Waals surface area contributed by atoms with E-state index in [1.165, 1.54) is 13.3 Å². The highest BCUT2D eigenvalue weighted by atomic mass is 32.1. The highest BCUT2D eigenvalue weighted by Crippen LogP contribution is 2.19. The number of benzene rings is 1. The standard InChI is InChI=1S/C15H15N3O2S/c1-20-12-8-7-11(9-17-12)18-15(19)13(14(16)21)10-5-3-2-4-6-10/h2-9,13H,1H3,(H2,16,21)(H,18,19). The van der Waals surface area contributed by atoms with Crippen LogP contribution in [0.5, 0.6) is 5.88 Å². The summed E-state index contributed by atoms with van der Waals surface area (Å²) in [4.78, 5) is 16.5. The molecule has 0 bridgehead atoms. The fourth-order valence-corrected chi connectivity index (χ4v) is 2.12. The third-order valence-corrected chi connectivity index (χ3v) is 3.13. The molecule has 0 aliphatic carbocycles. The Morgan fingerprint density at radius 1 is 1.29 bits per heavy atom. The summed E-state index contributed by atoms with van der Waals surface area (Å²) in [6.45, 7) is 0. The number of rotatable bonds is 5. The van der Waals surface area contributed by atoms with Crippen LogP contribution in [0.4, 0.5) is 5.69 Å². The largest absolute Gasteiger partial charge is 0.481 e. The Morgan fingerprint density at radius 2 is 2.00 bits per heavy atom. The van der Waals surface area contributed by atoms with Crippen molar-refractivity contribution in [2.24, 2.45) is 5.73 Å². The lowest BCUT2D eigenvalue weighted by atomic mass is 9.98. The molecule has 0 aliphatic rings. The van der Waals surface area contributed by atoms with E-state index in [0.717, 1.165) is 5.56 Å². The number of ether oxygens (including phenoxy) is 1. The molecule has 6 heteroatoms. The normalized spacial score (nSPS) is 11.5. The number of hydrogen-bond donors (Lipinski definition) is 2. The summed E-state index contributed by atoms with van der Waals surface area (Å²) < 4.78 is 4.96. The second-order valence-corrected chi connectivity index (χ2v) is 4.80. The predicted octanol–water partition coefficient (Wildman–Crippen LogP) is 2.10. The van der Waals surface area contributed by atoms with Crippen LogP contribution in [0.25, 0.3) is 0 Å². The lowest BCUT2D eigenvalue weighted by Crippen LogP contribution is -2.31. The van der Waals surface area contributed by atoms with Gasteiger partial charge in [-0.3, -0.25) is 4.79 Å². The Balaban J connectivity index is 2.17. The van der Waals surface area contributed by atoms with Crippen molar-refractivity contribution >= 4 is 28.8 Å². The molecule has 1 unspecified atom stereocenters. The molecule has 1 aromatic carbocycles. The van der Waals surface area contributed by atoms with Gasteiger partial charge in [-0.05, 0) is 11.6 Å². The Kier molecular flexibility index (Phi) is 4.84. The molecule has 2 aromatic rings. The number of amides is 1. The molecule has 1 amide bonds. The lowest BCUT2D eigenvalue weighted by Gasteiger charge is -2.15. The number of hydrogen-bond acceptors (Lipinski definition) is 4. The number of anilines is 1. The number of nitrogens with one attached hydrogen (secondary N) is 1. The third kappa shape index (κ3) is 3.76. The van der Waals surface area contributed by atoms with Crippen LogP contribution in [-0.4, -0.2) is 23.0 Å². The van der Waals surface area contributed by atoms with Crippen molar-refractivity contribution in [1.82, 2.24) is 4.98 Å². The molecule has 5 nitrogen and oxygen atoms in total. The van der Waals surface area contributed by atoms with Crippen molar-refractivity contribution in [3.8, 4) is 5.88 Å². The molecule has 21 heavy (non-hydrogen) atoms. The summed E-state index contributed by atoms with van der Waals surface area (Å²) in [5.41, 5.74) is 7.01. The van der Waals surface area contributed by atoms with E-state index in [2.05, 4.69) is 10.3 Å². The Hall–Kier alpha value is -2.47. The lowest BCUT2D eigenvalue weighted by molar-refractivity contribution is -0.116. The Morgan fingerprint density at radius 3 is 2.52 bits per heavy atom. The average Bonchev–Trinajstić information content (AvgIpc) is 2.49. The smallest absolute Gasteiger partial charge is 0.238 e. The topological polar surface area (TPSA) is 77.2 Å². The van der Waals surface area contributed by atoms with Crippen molar-refractivity contribution in [1.29, 1.82) is 0 Å². The quantitative estimate of drug-likeness (QED) is 0.827. The SMILES string of the molecule is COc1ccc(NC(=O)C(C(N)=S)c2ccccc2)cn1. The van der Waals surface area contributed by atoms with Gasteiger partial charge in [0.15, 0.2) is 0 Å². The predicted molar refractivity (Wildman–Crippen MR) is 85.4 cm³/mol. The maximum absolute atomic E-state index is 12.4. The maximum atomic E-state index is 12.4. The summed E-state index contributed by atoms with van der Waals surface area (Å²) in [6.07, 6.45) is 1.51. The molecule has 2 rings (SSSR count). The van der Waals surface area contributed by atoms with Crippen LogP contribution in [-0.2, 0) is 4.79 Å². The van der Waals surface area contributed by atoms with Gasteiger partial charge >= 0.3 is 0 Å². The molecular formula is C15H15N3O2S. The van der Waals surface area contributed by atoms with Gasteiger partial charge in [-0.15, -0.1) is 0 Å². The van der Waals surface area contributed by atoms with E-state index in [1.54, 1.807) is 12.1 Å². The zero-order valence-electron chi connectivity index (χ0n) is 11.4. The van der Waals surface area contributed by atoms with Crippen LogP contribution >= 0.6 is 12.2 Å². The molecule has 0 radical (unpaired) electrons. The first-order valence-corrected chi connectivity index (χ1v) is 6.68. The number of carbonyl (C=O) groups is 1. The van der Waals surface area contributed by atoms with Gasteiger partial charge in [-0.2, -0.15) is 0 Å². The van der Waals surface area contributed by atoms with E-state index >= 15 is 0 Å². The van der Waals surface area contributed by atoms with Crippen LogP contribution in [0, 0.1) is 0 Å². The molecule has 1 aromatic heterocycles. The summed E-state index contributed by atoms with van der Waals surface area (Å²) in [5, 5.41) is 2.75. The first kappa shape index (κ1) is 14.9. The number of methoxy groups -OCH3 is 1. The van der Waals surface area contributed by atoms with Crippen LogP contribution in [0.2, 0.25) is 0 Å². The second kappa shape index (κ2) is 6.81. The molecular weight excluding hydrogens is 286 g/mol. The highest BCUT2D eigenvalue weighted by Gasteiger charge is 2.23. The molecule has 1 atom stereocenters. The third-order valence-electron chi connectivity index (χ3n) is 2.89. The van der Waals surface area contributed by atoms with Gasteiger partial charge in [-0.25, -0.2) is 4.98 Å². The van der Waals surface area contributed by atoms with Gasteiger partial charge in [-0.1, -0.05) is 42.5 Å². The Bertz CT molecular complexity index is 629. The summed E-state index contributed by atoms with van der Waals surface area (Å²) in [5.74, 6) is -0.495. The van der Waals surface area contributed by atoms with Crippen LogP contribution in [0.15, 0.2) is 48.7 Å². The van der Waals surface area contributed by atoms with E-state index < -0.39 is 5.92 Å². The van der Waals surface area contributed by atoms with Crippen molar-refractivity contribution in [3.63, 3.8) is 0 Å². The molecule has 3 N–H and O–H groups in total. The van der Waals surface area contributed by atoms with E-state index in [0.29, 0.717) is 11.6 Å². The van der Waals surface area contributed by atoms with Gasteiger partial charge in [0.1, 0.15) is 5.92 Å². The minimum Gasteiger partial charge on any atom is -0.481 e. The fraction of sp³-hybridized carbons (Fsp3) is 0.133. The summed E-state index contributed by atoms with van der Waals surface area (Å²) >= 11 is 5.01. The monoisotopic (exact) mass is 301 g/mol. The molecule has 1 heterocycles. The molecule has 0 spiro atoms. The summed E-state index contributed by atoms with van der Waals surface area (Å²) in [6, 6.07) is 12.5. The molecule has 0 saturated heterocycles. The molecule has 0 fully saturated rings. The van der Waals surface area contributed by atoms with Crippen molar-refractivity contribution in [2.45, 2.75) is 5.92 Å². The number of thiocarbonyl (C=S) groups is 1. The van der Waals surface area contributed by atoms with Gasteiger partial charge < -0.3 is 15.8 Å². The first-order valence-electron chi connectivity index (χ1n) is 6.27. The number of carbonyl (C=O) groups excluding carboxylic acids is 1. The zero-order valence-corrected chi connectivity index (χ0v) is 12.3. The average molecular weight is 301 g/mol. The highest BCUT2D eigenvalue weighted by molar-refractivity contribution is 7.80. The fourth-order valence-electron chi connectivity index (χ4n) is 1.88. The van der Waals surface area contributed by atoms with Crippen molar-refractivity contribution in [2.75, 3.05) is 12.4 Å². The minimum absolute atomic E-state index is 0.125. The Labute approximate surface area is 128 Å². The van der Waals surface area contributed by atoms with Gasteiger partial charge in [0.2, 0.25) is 11.8 Å². The van der Waals surface area contributed by atoms with Crippen molar-refractivity contribution in [3.05, 3.63) is 54.2 Å². The number of aromatic nitrogens is 1. The molecule has 0 aliphatic heterocycles. The van der Waals surface area contributed by atoms with E-state index in [9.17, 15) is 4.79 Å². The molecule has 0 saturated carbocycles. The van der Waals surface area contributed by atoms with E-state index in [-0.39, 0.29) is 10.9 Å². The van der Waals surface area contributed by atoms with Gasteiger partial charge in [0.25, 0.3) is 0 Å². The minimum atomic E-state index is -0.677. The van der Waals surface area contributed by atoms with Crippen LogP contribution in [0.3, 0.4) is 0 Å². The van der Waals surface area contributed by atoms with Gasteiger partial charge in [0.05, 0.1) is 24.0 Å². The number of pyridine rings is 1. The first-order chi connectivity index (χ1) is 10.1. The number of nitrogens with zero attached hydrogens (tertiary/aromatic N) is 1.